The van der Waals surface area contributed by atoms with Crippen LogP contribution in [0.25, 0.3) is 0 Å². The van der Waals surface area contributed by atoms with Gasteiger partial charge in [0.1, 0.15) is 0 Å². The van der Waals surface area contributed by atoms with Gasteiger partial charge in [-0.2, -0.15) is 13.2 Å². The van der Waals surface area contributed by atoms with E-state index < -0.39 is 18.6 Å². The summed E-state index contributed by atoms with van der Waals surface area (Å²) in [4.78, 5) is 10.8. The van der Waals surface area contributed by atoms with E-state index in [1.165, 1.54) is 0 Å². The van der Waals surface area contributed by atoms with Crippen molar-refractivity contribution in [1.82, 2.24) is 10.2 Å². The Morgan fingerprint density at radius 2 is 1.90 bits per heavy atom. The predicted molar refractivity (Wildman–Crippen MR) is 61.0 cm³/mol. The van der Waals surface area contributed by atoms with E-state index in [9.17, 15) is 18.0 Å². The normalized spacial score (nSPS) is 23.8. The maximum Gasteiger partial charge on any atom is 0.389 e. The van der Waals surface area contributed by atoms with E-state index in [1.54, 1.807) is 0 Å². The van der Waals surface area contributed by atoms with Gasteiger partial charge < -0.3 is 9.52 Å². The highest BCUT2D eigenvalue weighted by Crippen LogP contribution is 2.35. The van der Waals surface area contributed by atoms with Crippen LogP contribution in [-0.2, 0) is 11.2 Å². The zero-order valence-corrected chi connectivity index (χ0v) is 10.7. The average Bonchev–Trinajstić information content (AvgIpc) is 2.84. The molecule has 1 fully saturated rings. The maximum atomic E-state index is 12.1. The molecule has 0 aromatic carbocycles. The van der Waals surface area contributed by atoms with Gasteiger partial charge in [0.25, 0.3) is 0 Å². The molecule has 20 heavy (non-hydrogen) atoms. The van der Waals surface area contributed by atoms with E-state index in [4.69, 9.17) is 9.52 Å². The van der Waals surface area contributed by atoms with Crippen LogP contribution in [0.1, 0.15) is 49.8 Å². The largest absolute Gasteiger partial charge is 0.481 e. The minimum absolute atomic E-state index is 0.0160. The number of alkyl halides is 3. The highest BCUT2D eigenvalue weighted by Gasteiger charge is 2.31. The summed E-state index contributed by atoms with van der Waals surface area (Å²) in [6, 6.07) is 0. The molecule has 0 saturated heterocycles. The maximum absolute atomic E-state index is 12.1. The predicted octanol–water partition coefficient (Wildman–Crippen LogP) is 2.92. The second-order valence-corrected chi connectivity index (χ2v) is 5.04. The average molecular weight is 292 g/mol. The number of aliphatic carboxylic acids is 1. The second kappa shape index (κ2) is 5.80. The first-order valence-electron chi connectivity index (χ1n) is 6.47. The molecule has 0 aliphatic heterocycles. The van der Waals surface area contributed by atoms with Crippen LogP contribution < -0.4 is 0 Å². The smallest absolute Gasteiger partial charge is 0.389 e. The van der Waals surface area contributed by atoms with Crippen LogP contribution in [0.5, 0.6) is 0 Å². The van der Waals surface area contributed by atoms with E-state index in [0.29, 0.717) is 31.6 Å². The van der Waals surface area contributed by atoms with Gasteiger partial charge in [-0.25, -0.2) is 0 Å². The fourth-order valence-corrected chi connectivity index (χ4v) is 2.37. The Morgan fingerprint density at radius 3 is 2.45 bits per heavy atom. The molecule has 1 aliphatic rings. The Hall–Kier alpha value is -1.60. The van der Waals surface area contributed by atoms with Crippen molar-refractivity contribution in [1.29, 1.82) is 0 Å². The highest BCUT2D eigenvalue weighted by molar-refractivity contribution is 5.70. The molecule has 5 nitrogen and oxygen atoms in total. The van der Waals surface area contributed by atoms with Gasteiger partial charge in [-0.3, -0.25) is 4.79 Å². The molecule has 0 radical (unpaired) electrons. The molecule has 0 spiro atoms. The van der Waals surface area contributed by atoms with Crippen molar-refractivity contribution in [3.8, 4) is 0 Å². The van der Waals surface area contributed by atoms with Crippen LogP contribution in [-0.4, -0.2) is 27.4 Å². The van der Waals surface area contributed by atoms with Crippen LogP contribution in [0.15, 0.2) is 4.42 Å². The highest BCUT2D eigenvalue weighted by atomic mass is 19.4. The van der Waals surface area contributed by atoms with Gasteiger partial charge in [0, 0.05) is 12.3 Å². The Kier molecular flexibility index (Phi) is 4.29. The Morgan fingerprint density at radius 1 is 1.25 bits per heavy atom. The van der Waals surface area contributed by atoms with Gasteiger partial charge in [-0.15, -0.1) is 10.2 Å². The van der Waals surface area contributed by atoms with E-state index in [2.05, 4.69) is 10.2 Å². The zero-order chi connectivity index (χ0) is 14.8. The number of hydrogen-bond acceptors (Lipinski definition) is 4. The molecule has 2 rings (SSSR count). The number of carbonyl (C=O) groups is 1. The van der Waals surface area contributed by atoms with Gasteiger partial charge in [-0.1, -0.05) is 0 Å². The quantitative estimate of drug-likeness (QED) is 0.923. The zero-order valence-electron chi connectivity index (χ0n) is 10.7. The number of rotatable bonds is 4. The lowest BCUT2D eigenvalue weighted by Crippen LogP contribution is -2.20. The third kappa shape index (κ3) is 3.94. The molecule has 112 valence electrons. The number of nitrogens with zero attached hydrogens (tertiary/aromatic N) is 2. The monoisotopic (exact) mass is 292 g/mol. The van der Waals surface area contributed by atoms with Crippen LogP contribution in [0.3, 0.4) is 0 Å². The summed E-state index contributed by atoms with van der Waals surface area (Å²) in [5, 5.41) is 16.3. The van der Waals surface area contributed by atoms with Crippen molar-refractivity contribution in [2.45, 2.75) is 50.6 Å². The first-order chi connectivity index (χ1) is 9.35. The fraction of sp³-hybridized carbons (Fsp3) is 0.750. The summed E-state index contributed by atoms with van der Waals surface area (Å²) < 4.78 is 41.5. The molecule has 1 saturated carbocycles. The molecule has 1 N–H and O–H groups in total. The first kappa shape index (κ1) is 14.8. The van der Waals surface area contributed by atoms with Crippen molar-refractivity contribution in [3.05, 3.63) is 11.8 Å². The van der Waals surface area contributed by atoms with Crippen LogP contribution in [0.4, 0.5) is 13.2 Å². The minimum atomic E-state index is -4.24. The minimum Gasteiger partial charge on any atom is -0.481 e. The molecule has 1 aromatic heterocycles. The molecule has 1 heterocycles. The van der Waals surface area contributed by atoms with Crippen molar-refractivity contribution in [3.63, 3.8) is 0 Å². The van der Waals surface area contributed by atoms with E-state index in [1.807, 2.05) is 0 Å². The lowest BCUT2D eigenvalue weighted by molar-refractivity contribution is -0.143. The van der Waals surface area contributed by atoms with Gasteiger partial charge in [0.2, 0.25) is 11.8 Å². The third-order valence-electron chi connectivity index (χ3n) is 3.53. The molecule has 0 amide bonds. The van der Waals surface area contributed by atoms with Gasteiger partial charge in [-0.05, 0) is 25.7 Å². The molecule has 1 aliphatic carbocycles. The summed E-state index contributed by atoms with van der Waals surface area (Å²) in [6.45, 7) is 0. The molecular formula is C12H15F3N2O3. The number of carboxylic acid groups (broad SMARTS) is 1. The fourth-order valence-electron chi connectivity index (χ4n) is 2.37. The molecule has 0 unspecified atom stereocenters. The number of hydrogen-bond donors (Lipinski definition) is 1. The molecule has 0 bridgehead atoms. The van der Waals surface area contributed by atoms with Crippen LogP contribution >= 0.6 is 0 Å². The van der Waals surface area contributed by atoms with Crippen molar-refractivity contribution < 1.29 is 27.5 Å². The second-order valence-electron chi connectivity index (χ2n) is 5.04. The molecular weight excluding hydrogens is 277 g/mol. The van der Waals surface area contributed by atoms with Crippen molar-refractivity contribution in [2.75, 3.05) is 0 Å². The van der Waals surface area contributed by atoms with Gasteiger partial charge >= 0.3 is 12.1 Å². The van der Waals surface area contributed by atoms with Crippen LogP contribution in [0, 0.1) is 5.92 Å². The van der Waals surface area contributed by atoms with Crippen molar-refractivity contribution in [2.24, 2.45) is 5.92 Å². The summed E-state index contributed by atoms with van der Waals surface area (Å²) in [5.74, 6) is -0.889. The number of carboxylic acids is 1. The van der Waals surface area contributed by atoms with E-state index >= 15 is 0 Å². The lowest BCUT2D eigenvalue weighted by Gasteiger charge is -2.23. The first-order valence-corrected chi connectivity index (χ1v) is 6.47. The van der Waals surface area contributed by atoms with Gasteiger partial charge in [0.05, 0.1) is 12.3 Å². The van der Waals surface area contributed by atoms with Crippen molar-refractivity contribution >= 4 is 5.97 Å². The summed E-state index contributed by atoms with van der Waals surface area (Å²) in [6.07, 6.45) is -3.27. The topological polar surface area (TPSA) is 76.2 Å². The third-order valence-corrected chi connectivity index (χ3v) is 3.53. The Balaban J connectivity index is 1.88. The SMILES string of the molecule is O=C(O)[C@H]1CC[C@H](c2nnc(CCC(F)(F)F)o2)CC1. The Labute approximate surface area is 113 Å². The van der Waals surface area contributed by atoms with E-state index in [-0.39, 0.29) is 24.1 Å². The van der Waals surface area contributed by atoms with E-state index in [0.717, 1.165) is 0 Å². The number of halogens is 3. The lowest BCUT2D eigenvalue weighted by atomic mass is 9.82. The summed E-state index contributed by atoms with van der Waals surface area (Å²) >= 11 is 0. The van der Waals surface area contributed by atoms with Gasteiger partial charge in [0.15, 0.2) is 0 Å². The Bertz CT molecular complexity index is 465. The summed E-state index contributed by atoms with van der Waals surface area (Å²) in [7, 11) is 0. The molecule has 0 atom stereocenters. The number of aryl methyl sites for hydroxylation is 1. The number of aromatic nitrogens is 2. The molecule has 8 heteroatoms. The standard InChI is InChI=1S/C12H15F3N2O3/c13-12(14,15)6-5-9-16-17-10(20-9)7-1-3-8(4-2-7)11(18)19/h7-8H,1-6H2,(H,18,19)/t7-,8-. The summed E-state index contributed by atoms with van der Waals surface area (Å²) in [5.41, 5.74) is 0. The molecule has 1 aromatic rings. The van der Waals surface area contributed by atoms with Crippen LogP contribution in [0.2, 0.25) is 0 Å².